The summed E-state index contributed by atoms with van der Waals surface area (Å²) in [5.74, 6) is 0.312. The molecule has 0 spiro atoms. The fraction of sp³-hybridized carbons (Fsp3) is 0.467. The molecule has 0 aromatic heterocycles. The molecule has 5 nitrogen and oxygen atoms in total. The zero-order chi connectivity index (χ0) is 14.5. The molecule has 1 unspecified atom stereocenters. The molecule has 0 aliphatic heterocycles. The maximum absolute atomic E-state index is 12.2. The second-order valence-corrected chi connectivity index (χ2v) is 5.14. The molecular weight excluding hydrogens is 290 g/mol. The van der Waals surface area contributed by atoms with Crippen LogP contribution in [-0.4, -0.2) is 24.4 Å². The predicted octanol–water partition coefficient (Wildman–Crippen LogP) is 1.92. The molecule has 1 aliphatic carbocycles. The number of hydrogen-bond acceptors (Lipinski definition) is 3. The van der Waals surface area contributed by atoms with E-state index in [0.29, 0.717) is 30.1 Å². The van der Waals surface area contributed by atoms with Crippen molar-refractivity contribution < 1.29 is 9.59 Å². The topological polar surface area (TPSA) is 84.2 Å². The van der Waals surface area contributed by atoms with Crippen molar-refractivity contribution in [1.82, 2.24) is 5.32 Å². The normalized spacial score (nSPS) is 14.8. The average Bonchev–Trinajstić information content (AvgIpc) is 3.29. The first-order valence-electron chi connectivity index (χ1n) is 7.05. The van der Waals surface area contributed by atoms with Crippen LogP contribution in [0.15, 0.2) is 24.3 Å². The van der Waals surface area contributed by atoms with Crippen LogP contribution in [0, 0.1) is 5.92 Å². The Morgan fingerprint density at radius 1 is 1.38 bits per heavy atom. The van der Waals surface area contributed by atoms with Gasteiger partial charge in [0.2, 0.25) is 5.91 Å². The molecule has 4 N–H and O–H groups in total. The van der Waals surface area contributed by atoms with Gasteiger partial charge in [0.1, 0.15) is 0 Å². The molecule has 2 amide bonds. The summed E-state index contributed by atoms with van der Waals surface area (Å²) < 4.78 is 0. The Kier molecular flexibility index (Phi) is 6.65. The number of nitrogens with one attached hydrogen (secondary N) is 2. The van der Waals surface area contributed by atoms with E-state index in [4.69, 9.17) is 5.73 Å². The van der Waals surface area contributed by atoms with Gasteiger partial charge < -0.3 is 16.4 Å². The summed E-state index contributed by atoms with van der Waals surface area (Å²) in [6, 6.07) is 7.00. The molecule has 0 radical (unpaired) electrons. The smallest absolute Gasteiger partial charge is 0.251 e. The third-order valence-electron chi connectivity index (χ3n) is 3.49. The maximum atomic E-state index is 12.2. The summed E-state index contributed by atoms with van der Waals surface area (Å²) in [5.41, 5.74) is 6.86. The molecule has 0 bridgehead atoms. The highest BCUT2D eigenvalue weighted by molar-refractivity contribution is 5.97. The van der Waals surface area contributed by atoms with Gasteiger partial charge in [-0.25, -0.2) is 0 Å². The Hall–Kier alpha value is -1.59. The zero-order valence-corrected chi connectivity index (χ0v) is 12.9. The van der Waals surface area contributed by atoms with E-state index in [1.54, 1.807) is 31.2 Å². The summed E-state index contributed by atoms with van der Waals surface area (Å²) in [5, 5.41) is 5.71. The average molecular weight is 312 g/mol. The number of nitrogens with two attached hydrogens (primary N) is 1. The van der Waals surface area contributed by atoms with Gasteiger partial charge in [-0.15, -0.1) is 12.4 Å². The Bertz CT molecular complexity index is 503. The molecule has 2 rings (SSSR count). The van der Waals surface area contributed by atoms with Crippen molar-refractivity contribution in [2.45, 2.75) is 32.2 Å². The summed E-state index contributed by atoms with van der Waals surface area (Å²) in [4.78, 5) is 23.5. The minimum absolute atomic E-state index is 0. The van der Waals surface area contributed by atoms with E-state index in [-0.39, 0.29) is 30.3 Å². The molecule has 6 heteroatoms. The number of hydrogen-bond donors (Lipinski definition) is 3. The number of halogens is 1. The standard InChI is InChI=1S/C15H21N3O2.ClH/c1-2-14(19)17-12-5-3-4-11(8-12)15(20)18-13(9-16)10-6-7-10;/h3-5,8,10,13H,2,6-7,9,16H2,1H3,(H,17,19)(H,18,20);1H. The molecule has 1 aliphatic rings. The Balaban J connectivity index is 0.00000220. The summed E-state index contributed by atoms with van der Waals surface area (Å²) in [6.45, 7) is 2.25. The fourth-order valence-electron chi connectivity index (χ4n) is 2.11. The van der Waals surface area contributed by atoms with Crippen LogP contribution in [0.1, 0.15) is 36.5 Å². The molecule has 1 saturated carbocycles. The number of carbonyl (C=O) groups excluding carboxylic acids is 2. The van der Waals surface area contributed by atoms with Crippen molar-refractivity contribution in [1.29, 1.82) is 0 Å². The van der Waals surface area contributed by atoms with Crippen LogP contribution in [0.5, 0.6) is 0 Å². The summed E-state index contributed by atoms with van der Waals surface area (Å²) in [6.07, 6.45) is 2.68. The van der Waals surface area contributed by atoms with E-state index in [0.717, 1.165) is 12.8 Å². The van der Waals surface area contributed by atoms with Crippen LogP contribution in [0.2, 0.25) is 0 Å². The van der Waals surface area contributed by atoms with Gasteiger partial charge in [-0.3, -0.25) is 9.59 Å². The quantitative estimate of drug-likeness (QED) is 0.750. The maximum Gasteiger partial charge on any atom is 0.251 e. The lowest BCUT2D eigenvalue weighted by Crippen LogP contribution is -2.41. The van der Waals surface area contributed by atoms with Crippen LogP contribution in [-0.2, 0) is 4.79 Å². The molecular formula is C15H22ClN3O2. The number of rotatable bonds is 6. The summed E-state index contributed by atoms with van der Waals surface area (Å²) in [7, 11) is 0. The molecule has 1 aromatic rings. The Labute approximate surface area is 131 Å². The molecule has 0 saturated heterocycles. The van der Waals surface area contributed by atoms with Crippen LogP contribution in [0.25, 0.3) is 0 Å². The molecule has 116 valence electrons. The first kappa shape index (κ1) is 17.5. The van der Waals surface area contributed by atoms with Crippen LogP contribution >= 0.6 is 12.4 Å². The number of carbonyl (C=O) groups is 2. The highest BCUT2D eigenvalue weighted by Gasteiger charge is 2.31. The minimum atomic E-state index is -0.139. The third-order valence-corrected chi connectivity index (χ3v) is 3.49. The van der Waals surface area contributed by atoms with Crippen molar-refractivity contribution in [2.75, 3.05) is 11.9 Å². The molecule has 1 fully saturated rings. The van der Waals surface area contributed by atoms with Crippen molar-refractivity contribution in [3.05, 3.63) is 29.8 Å². The van der Waals surface area contributed by atoms with Gasteiger partial charge >= 0.3 is 0 Å². The van der Waals surface area contributed by atoms with E-state index < -0.39 is 0 Å². The molecule has 1 atom stereocenters. The molecule has 1 aromatic carbocycles. The zero-order valence-electron chi connectivity index (χ0n) is 12.1. The van der Waals surface area contributed by atoms with Gasteiger partial charge in [0.05, 0.1) is 0 Å². The first-order chi connectivity index (χ1) is 9.63. The van der Waals surface area contributed by atoms with Gasteiger partial charge in [-0.2, -0.15) is 0 Å². The monoisotopic (exact) mass is 311 g/mol. The first-order valence-corrected chi connectivity index (χ1v) is 7.05. The van der Waals surface area contributed by atoms with E-state index in [9.17, 15) is 9.59 Å². The highest BCUT2D eigenvalue weighted by Crippen LogP contribution is 2.32. The number of anilines is 1. The van der Waals surface area contributed by atoms with Gasteiger partial charge in [0, 0.05) is 30.3 Å². The molecule has 0 heterocycles. The SMILES string of the molecule is CCC(=O)Nc1cccc(C(=O)NC(CN)C2CC2)c1.Cl. The molecule has 21 heavy (non-hydrogen) atoms. The van der Waals surface area contributed by atoms with Gasteiger partial charge in [-0.05, 0) is 37.0 Å². The van der Waals surface area contributed by atoms with Gasteiger partial charge in [0.15, 0.2) is 0 Å². The van der Waals surface area contributed by atoms with Crippen molar-refractivity contribution in [3.63, 3.8) is 0 Å². The third kappa shape index (κ3) is 5.02. The lowest BCUT2D eigenvalue weighted by Gasteiger charge is -2.16. The van der Waals surface area contributed by atoms with Gasteiger partial charge in [-0.1, -0.05) is 13.0 Å². The lowest BCUT2D eigenvalue weighted by atomic mass is 10.1. The minimum Gasteiger partial charge on any atom is -0.348 e. The highest BCUT2D eigenvalue weighted by atomic mass is 35.5. The van der Waals surface area contributed by atoms with Gasteiger partial charge in [0.25, 0.3) is 5.91 Å². The van der Waals surface area contributed by atoms with Crippen molar-refractivity contribution in [2.24, 2.45) is 11.7 Å². The Morgan fingerprint density at radius 2 is 2.10 bits per heavy atom. The number of benzene rings is 1. The Morgan fingerprint density at radius 3 is 2.67 bits per heavy atom. The largest absolute Gasteiger partial charge is 0.348 e. The van der Waals surface area contributed by atoms with Crippen LogP contribution < -0.4 is 16.4 Å². The summed E-state index contributed by atoms with van der Waals surface area (Å²) >= 11 is 0. The van der Waals surface area contributed by atoms with E-state index >= 15 is 0 Å². The van der Waals surface area contributed by atoms with Crippen molar-refractivity contribution in [3.8, 4) is 0 Å². The second kappa shape index (κ2) is 8.00. The van der Waals surface area contributed by atoms with E-state index in [1.165, 1.54) is 0 Å². The van der Waals surface area contributed by atoms with Crippen LogP contribution in [0.4, 0.5) is 5.69 Å². The fourth-order valence-corrected chi connectivity index (χ4v) is 2.11. The van der Waals surface area contributed by atoms with E-state index in [1.807, 2.05) is 0 Å². The lowest BCUT2D eigenvalue weighted by molar-refractivity contribution is -0.115. The van der Waals surface area contributed by atoms with Crippen LogP contribution in [0.3, 0.4) is 0 Å². The number of amides is 2. The second-order valence-electron chi connectivity index (χ2n) is 5.14. The van der Waals surface area contributed by atoms with Crippen molar-refractivity contribution >= 4 is 29.9 Å². The van der Waals surface area contributed by atoms with E-state index in [2.05, 4.69) is 10.6 Å². The predicted molar refractivity (Wildman–Crippen MR) is 85.6 cm³/mol.